The van der Waals surface area contributed by atoms with Gasteiger partial charge in [0.2, 0.25) is 0 Å². The van der Waals surface area contributed by atoms with Crippen LogP contribution in [0.5, 0.6) is 0 Å². The normalized spacial score (nSPS) is 13.7. The maximum absolute atomic E-state index is 4.79. The molecule has 0 unspecified atom stereocenters. The lowest BCUT2D eigenvalue weighted by atomic mass is 12.6. The van der Waals surface area contributed by atoms with E-state index in [1.165, 1.54) is 0 Å². The molecular formula is H18N12O12P+3. The van der Waals surface area contributed by atoms with Gasteiger partial charge in [-0.3, -0.25) is 0 Å². The summed E-state index contributed by atoms with van der Waals surface area (Å²) in [4.78, 5) is 36.3. The number of hydrogen-bond acceptors (Lipinski definition) is 21. The number of nitrogens with two attached hydrogens (primary N) is 9. The Morgan fingerprint density at radius 3 is 0.640 bits per heavy atom. The molecule has 24 nitrogen and oxygen atoms in total. The van der Waals surface area contributed by atoms with E-state index in [0.29, 0.717) is 0 Å². The molecule has 0 aliphatic rings. The number of hydrogen-bond donors (Lipinski definition) is 9. The van der Waals surface area contributed by atoms with Gasteiger partial charge in [-0.2, -0.15) is 0 Å². The van der Waals surface area contributed by atoms with Crippen molar-refractivity contribution in [1.29, 1.82) is 0 Å². The third kappa shape index (κ3) is 6.29. The van der Waals surface area contributed by atoms with Crippen molar-refractivity contribution in [2.45, 2.75) is 0 Å². The van der Waals surface area contributed by atoms with Crippen molar-refractivity contribution in [2.75, 3.05) is 0 Å². The average molecular weight is 409 g/mol. The summed E-state index contributed by atoms with van der Waals surface area (Å²) in [6.07, 6.45) is 0. The predicted octanol–water partition coefficient (Wildman–Crippen LogP) is -6.29. The van der Waals surface area contributed by atoms with Gasteiger partial charge in [-0.25, -0.2) is 0 Å². The molecule has 0 aliphatic carbocycles. The van der Waals surface area contributed by atoms with Crippen LogP contribution in [0.3, 0.4) is 0 Å². The fourth-order valence-electron chi connectivity index (χ4n) is 0.686. The van der Waals surface area contributed by atoms with Crippen LogP contribution in [0, 0.1) is 0 Å². The van der Waals surface area contributed by atoms with E-state index in [1.54, 1.807) is 0 Å². The van der Waals surface area contributed by atoms with Crippen LogP contribution in [0.25, 0.3) is 0 Å². The monoisotopic (exact) mass is 409 g/mol. The van der Waals surface area contributed by atoms with Gasteiger partial charge in [0.05, 0.1) is 0 Å². The van der Waals surface area contributed by atoms with Crippen molar-refractivity contribution in [2.24, 2.45) is 53.1 Å². The van der Waals surface area contributed by atoms with Crippen LogP contribution >= 0.6 is 8.60 Å². The molecule has 0 bridgehead atoms. The summed E-state index contributed by atoms with van der Waals surface area (Å²) in [5.41, 5.74) is 0. The molecule has 0 aromatic rings. The lowest BCUT2D eigenvalue weighted by Gasteiger charge is -2.24. The summed E-state index contributed by atoms with van der Waals surface area (Å²) in [5.74, 6) is 43.1. The molecule has 0 radical (unpaired) electrons. The summed E-state index contributed by atoms with van der Waals surface area (Å²) >= 11 is 0. The van der Waals surface area contributed by atoms with Crippen LogP contribution < -0.4 is 53.1 Å². The first kappa shape index (κ1) is 24.5. The lowest BCUT2D eigenvalue weighted by Crippen LogP contribution is -2.57. The van der Waals surface area contributed by atoms with Gasteiger partial charge in [0, 0.05) is 58.3 Å². The van der Waals surface area contributed by atoms with Crippen molar-refractivity contribution in [3.63, 3.8) is 0 Å². The molecule has 0 fully saturated rings. The minimum Gasteiger partial charge on any atom is -0.149 e. The van der Waals surface area contributed by atoms with E-state index >= 15 is 0 Å². The van der Waals surface area contributed by atoms with Crippen molar-refractivity contribution >= 4 is 8.60 Å². The molecule has 25 heteroatoms. The molecule has 18 N–H and O–H groups in total. The van der Waals surface area contributed by atoms with Gasteiger partial charge in [-0.05, 0) is 0 Å². The van der Waals surface area contributed by atoms with Crippen LogP contribution in [0.1, 0.15) is 0 Å². The zero-order valence-corrected chi connectivity index (χ0v) is 12.8. The highest BCUT2D eigenvalue weighted by atomic mass is 31.2. The fourth-order valence-corrected chi connectivity index (χ4v) is 1.61. The Hall–Kier alpha value is -0.530. The highest BCUT2D eigenvalue weighted by Crippen LogP contribution is 2.48. The van der Waals surface area contributed by atoms with Crippen LogP contribution in [0.15, 0.2) is 0 Å². The predicted molar refractivity (Wildman–Crippen MR) is 58.4 cm³/mol. The summed E-state index contributed by atoms with van der Waals surface area (Å²) in [5, 5.41) is -6.53. The van der Waals surface area contributed by atoms with Crippen molar-refractivity contribution in [3.8, 4) is 0 Å². The molecule has 0 saturated carbocycles. The summed E-state index contributed by atoms with van der Waals surface area (Å²) in [6, 6.07) is 0. The first-order chi connectivity index (χ1) is 11.8. The van der Waals surface area contributed by atoms with E-state index in [4.69, 9.17) is 53.1 Å². The van der Waals surface area contributed by atoms with Gasteiger partial charge in [-0.1, -0.05) is 0 Å². The molecule has 0 saturated heterocycles. The Kier molecular flexibility index (Phi) is 11.0. The van der Waals surface area contributed by atoms with E-state index in [0.717, 1.165) is 0 Å². The topological polar surface area (TPSA) is 345 Å². The lowest BCUT2D eigenvalue weighted by molar-refractivity contribution is -1.49. The Balaban J connectivity index is 5.64. The summed E-state index contributed by atoms with van der Waals surface area (Å²) < 4.78 is 14.0. The second kappa shape index (κ2) is 11.2. The van der Waals surface area contributed by atoms with Crippen LogP contribution in [0.4, 0.5) is 0 Å². The number of quaternary nitrogens is 3. The molecule has 0 aromatic carbocycles. The third-order valence-electron chi connectivity index (χ3n) is 1.66. The second-order valence-electron chi connectivity index (χ2n) is 2.76. The van der Waals surface area contributed by atoms with Crippen LogP contribution in [-0.4, -0.2) is 15.4 Å². The quantitative estimate of drug-likeness (QED) is 0.0689. The van der Waals surface area contributed by atoms with Gasteiger partial charge in [-0.15, -0.1) is 53.1 Å². The Bertz CT molecular complexity index is 268. The van der Waals surface area contributed by atoms with Gasteiger partial charge >= 0.3 is 24.0 Å². The molecule has 0 atom stereocenters. The van der Waals surface area contributed by atoms with Gasteiger partial charge in [0.1, 0.15) is 0 Å². The van der Waals surface area contributed by atoms with Crippen molar-refractivity contribution in [3.05, 3.63) is 0 Å². The largest absolute Gasteiger partial charge is 0.542 e. The molecule has 0 aliphatic heterocycles. The Labute approximate surface area is 136 Å². The van der Waals surface area contributed by atoms with E-state index in [-0.39, 0.29) is 0 Å². The van der Waals surface area contributed by atoms with Crippen molar-refractivity contribution in [1.82, 2.24) is 0 Å². The van der Waals surface area contributed by atoms with Gasteiger partial charge < -0.3 is 0 Å². The summed E-state index contributed by atoms with van der Waals surface area (Å²) in [6.45, 7) is 0. The van der Waals surface area contributed by atoms with E-state index in [9.17, 15) is 0 Å². The zero-order valence-electron chi connectivity index (χ0n) is 11.9. The van der Waals surface area contributed by atoms with Crippen LogP contribution in [-0.2, 0) is 58.3 Å². The molecule has 25 heavy (non-hydrogen) atoms. The molecule has 0 amide bonds. The highest BCUT2D eigenvalue weighted by molar-refractivity contribution is 7.41. The first-order valence-electron chi connectivity index (χ1n) is 4.86. The standard InChI is InChI=1S/H18N12O12P/c1-13-10(14-2,15-3)22-25(23-11(16-4,17-5)18-6)24-12(19-7,20-8)21-9/h1-9H2/q+3. The maximum atomic E-state index is 4.79. The van der Waals surface area contributed by atoms with E-state index in [1.807, 2.05) is 0 Å². The molecule has 0 aromatic heterocycles. The smallest absolute Gasteiger partial charge is 0.149 e. The Morgan fingerprint density at radius 1 is 0.360 bits per heavy atom. The molecule has 152 valence electrons. The average Bonchev–Trinajstić information content (AvgIpc) is 2.68. The van der Waals surface area contributed by atoms with E-state index < -0.39 is 24.0 Å². The zero-order chi connectivity index (χ0) is 19.6. The number of nitrogens with zero attached hydrogens (tertiary/aromatic N) is 3. The second-order valence-corrected chi connectivity index (χ2v) is 3.70. The SMILES string of the molecule is NO[N+](ON)(ON)OP(O[N+](ON)(ON)ON)O[N+](ON)(ON)ON. The molecule has 0 heterocycles. The van der Waals surface area contributed by atoms with E-state index in [2.05, 4.69) is 58.3 Å². The fraction of sp³-hybridized carbons (Fsp3) is 0. The summed E-state index contributed by atoms with van der Waals surface area (Å²) in [7, 11) is -3.31. The molecule has 0 rings (SSSR count). The maximum Gasteiger partial charge on any atom is 0.542 e. The first-order valence-corrected chi connectivity index (χ1v) is 5.96. The van der Waals surface area contributed by atoms with Crippen molar-refractivity contribution < 1.29 is 73.7 Å². The van der Waals surface area contributed by atoms with Gasteiger partial charge in [0.25, 0.3) is 0 Å². The third-order valence-corrected chi connectivity index (χ3v) is 2.66. The Morgan fingerprint density at radius 2 is 0.520 bits per heavy atom. The van der Waals surface area contributed by atoms with Crippen LogP contribution in [0.2, 0.25) is 0 Å². The minimum atomic E-state index is -3.31. The molecular weight excluding hydrogens is 391 g/mol. The minimum absolute atomic E-state index is 2.18. The molecule has 0 spiro atoms. The van der Waals surface area contributed by atoms with Gasteiger partial charge in [0.15, 0.2) is 0 Å². The highest BCUT2D eigenvalue weighted by Gasteiger charge is 2.59. The number of rotatable bonds is 15.